The highest BCUT2D eigenvalue weighted by Crippen LogP contribution is 2.25. The molecule has 0 radical (unpaired) electrons. The van der Waals surface area contributed by atoms with Gasteiger partial charge in [-0.25, -0.2) is 0 Å². The van der Waals surface area contributed by atoms with Crippen molar-refractivity contribution in [3.63, 3.8) is 0 Å². The van der Waals surface area contributed by atoms with E-state index in [-0.39, 0.29) is 17.7 Å². The Hall–Kier alpha value is -2.95. The second kappa shape index (κ2) is 6.89. The summed E-state index contributed by atoms with van der Waals surface area (Å²) in [5.41, 5.74) is 2.77. The molecule has 1 aliphatic rings. The maximum absolute atomic E-state index is 12.5. The number of anilines is 1. The zero-order valence-electron chi connectivity index (χ0n) is 14.3. The summed E-state index contributed by atoms with van der Waals surface area (Å²) in [5, 5.41) is 2.81. The first-order valence-electron chi connectivity index (χ1n) is 8.39. The number of imide groups is 1. The molecular weight excluding hydrogens is 316 g/mol. The number of unbranched alkanes of at least 4 members (excludes halogenated alkanes) is 1. The first kappa shape index (κ1) is 16.9. The van der Waals surface area contributed by atoms with E-state index in [1.807, 2.05) is 32.0 Å². The first-order valence-corrected chi connectivity index (χ1v) is 8.39. The third kappa shape index (κ3) is 3.31. The van der Waals surface area contributed by atoms with E-state index < -0.39 is 0 Å². The van der Waals surface area contributed by atoms with E-state index in [1.54, 1.807) is 18.2 Å². The molecule has 1 heterocycles. The summed E-state index contributed by atoms with van der Waals surface area (Å²) in [6, 6.07) is 12.1. The number of nitrogens with one attached hydrogen (secondary N) is 1. The monoisotopic (exact) mass is 336 g/mol. The fraction of sp³-hybridized carbons (Fsp3) is 0.250. The van der Waals surface area contributed by atoms with Crippen LogP contribution in [0.3, 0.4) is 0 Å². The van der Waals surface area contributed by atoms with E-state index in [0.717, 1.165) is 18.4 Å². The van der Waals surface area contributed by atoms with Crippen LogP contribution < -0.4 is 5.32 Å². The molecule has 2 aromatic carbocycles. The molecule has 0 unspecified atom stereocenters. The quantitative estimate of drug-likeness (QED) is 0.848. The highest BCUT2D eigenvalue weighted by Gasteiger charge is 2.35. The smallest absolute Gasteiger partial charge is 0.261 e. The molecule has 1 aliphatic heterocycles. The molecule has 5 heteroatoms. The van der Waals surface area contributed by atoms with Crippen LogP contribution in [0.4, 0.5) is 5.69 Å². The number of aryl methyl sites for hydroxylation is 1. The van der Waals surface area contributed by atoms with Gasteiger partial charge in [0, 0.05) is 17.8 Å². The number of rotatable bonds is 5. The van der Waals surface area contributed by atoms with Gasteiger partial charge in [-0.15, -0.1) is 0 Å². The van der Waals surface area contributed by atoms with E-state index >= 15 is 0 Å². The Kier molecular flexibility index (Phi) is 4.65. The number of hydrogen-bond donors (Lipinski definition) is 1. The number of nitrogens with zero attached hydrogens (tertiary/aromatic N) is 1. The van der Waals surface area contributed by atoms with Crippen LogP contribution in [0.15, 0.2) is 42.5 Å². The molecule has 0 saturated heterocycles. The predicted molar refractivity (Wildman–Crippen MR) is 95.8 cm³/mol. The fourth-order valence-electron chi connectivity index (χ4n) is 2.88. The van der Waals surface area contributed by atoms with E-state index in [9.17, 15) is 14.4 Å². The lowest BCUT2D eigenvalue weighted by molar-refractivity contribution is 0.0652. The molecule has 0 bridgehead atoms. The molecule has 0 fully saturated rings. The second-order valence-electron chi connectivity index (χ2n) is 6.20. The molecule has 1 N–H and O–H groups in total. The van der Waals surface area contributed by atoms with Crippen molar-refractivity contribution >= 4 is 23.4 Å². The molecule has 3 rings (SSSR count). The minimum absolute atomic E-state index is 0.279. The first-order chi connectivity index (χ1) is 12.0. The zero-order chi connectivity index (χ0) is 18.0. The van der Waals surface area contributed by atoms with Gasteiger partial charge in [0.25, 0.3) is 17.7 Å². The van der Waals surface area contributed by atoms with Crippen LogP contribution in [0.2, 0.25) is 0 Å². The average Bonchev–Trinajstić information content (AvgIpc) is 2.83. The van der Waals surface area contributed by atoms with Crippen LogP contribution in [0.5, 0.6) is 0 Å². The Morgan fingerprint density at radius 1 is 1.04 bits per heavy atom. The zero-order valence-corrected chi connectivity index (χ0v) is 14.3. The molecule has 128 valence electrons. The third-order valence-corrected chi connectivity index (χ3v) is 4.24. The van der Waals surface area contributed by atoms with Crippen molar-refractivity contribution in [3.05, 3.63) is 64.7 Å². The summed E-state index contributed by atoms with van der Waals surface area (Å²) in [7, 11) is 0. The Morgan fingerprint density at radius 3 is 2.52 bits per heavy atom. The number of carbonyl (C=O) groups excluding carboxylic acids is 3. The summed E-state index contributed by atoms with van der Waals surface area (Å²) in [5.74, 6) is -0.904. The molecule has 25 heavy (non-hydrogen) atoms. The van der Waals surface area contributed by atoms with Gasteiger partial charge < -0.3 is 5.32 Å². The molecule has 0 aliphatic carbocycles. The van der Waals surface area contributed by atoms with Gasteiger partial charge in [-0.05, 0) is 49.2 Å². The van der Waals surface area contributed by atoms with Crippen molar-refractivity contribution in [2.24, 2.45) is 0 Å². The van der Waals surface area contributed by atoms with Crippen molar-refractivity contribution in [1.82, 2.24) is 4.90 Å². The predicted octanol–water partition coefficient (Wildman–Crippen LogP) is 3.64. The van der Waals surface area contributed by atoms with Crippen LogP contribution in [0.1, 0.15) is 56.4 Å². The van der Waals surface area contributed by atoms with Gasteiger partial charge in [0.15, 0.2) is 0 Å². The lowest BCUT2D eigenvalue weighted by atomic mass is 10.1. The fourth-order valence-corrected chi connectivity index (χ4v) is 2.88. The summed E-state index contributed by atoms with van der Waals surface area (Å²) in [4.78, 5) is 38.5. The number of fused-ring (bicyclic) bond motifs is 1. The van der Waals surface area contributed by atoms with Gasteiger partial charge in [0.05, 0.1) is 11.1 Å². The Bertz CT molecular complexity index is 858. The van der Waals surface area contributed by atoms with E-state index in [4.69, 9.17) is 0 Å². The highest BCUT2D eigenvalue weighted by molar-refractivity contribution is 6.22. The van der Waals surface area contributed by atoms with Gasteiger partial charge in [-0.2, -0.15) is 0 Å². The van der Waals surface area contributed by atoms with Gasteiger partial charge >= 0.3 is 0 Å². The van der Waals surface area contributed by atoms with Gasteiger partial charge in [-0.1, -0.05) is 25.5 Å². The number of benzene rings is 2. The van der Waals surface area contributed by atoms with E-state index in [0.29, 0.717) is 28.9 Å². The number of hydrogen-bond acceptors (Lipinski definition) is 3. The lowest BCUT2D eigenvalue weighted by Crippen LogP contribution is -2.30. The maximum atomic E-state index is 12.5. The topological polar surface area (TPSA) is 66.5 Å². The van der Waals surface area contributed by atoms with Crippen molar-refractivity contribution in [2.45, 2.75) is 26.7 Å². The van der Waals surface area contributed by atoms with Crippen molar-refractivity contribution in [1.29, 1.82) is 0 Å². The van der Waals surface area contributed by atoms with Crippen LogP contribution >= 0.6 is 0 Å². The maximum Gasteiger partial charge on any atom is 0.261 e. The molecular formula is C20H20N2O3. The minimum atomic E-state index is -0.321. The molecule has 0 saturated carbocycles. The van der Waals surface area contributed by atoms with Crippen molar-refractivity contribution in [3.8, 4) is 0 Å². The van der Waals surface area contributed by atoms with Gasteiger partial charge in [0.2, 0.25) is 0 Å². The molecule has 0 aromatic heterocycles. The summed E-state index contributed by atoms with van der Waals surface area (Å²) in [6.07, 6.45) is 1.67. The van der Waals surface area contributed by atoms with Crippen LogP contribution in [0, 0.1) is 6.92 Å². The third-order valence-electron chi connectivity index (χ3n) is 4.24. The minimum Gasteiger partial charge on any atom is -0.322 e. The molecule has 2 aromatic rings. The van der Waals surface area contributed by atoms with Gasteiger partial charge in [-0.3, -0.25) is 19.3 Å². The SMILES string of the molecule is CCCCN1C(=O)c2ccc(C(=O)Nc3cccc(C)c3)cc2C1=O. The van der Waals surface area contributed by atoms with Crippen LogP contribution in [-0.2, 0) is 0 Å². The standard InChI is InChI=1S/C20H20N2O3/c1-3-4-10-22-19(24)16-9-8-14(12-17(16)20(22)25)18(23)21-15-7-5-6-13(2)11-15/h5-9,11-12H,3-4,10H2,1-2H3,(H,21,23). The normalized spacial score (nSPS) is 13.1. The average molecular weight is 336 g/mol. The summed E-state index contributed by atoms with van der Waals surface area (Å²) in [6.45, 7) is 4.36. The van der Waals surface area contributed by atoms with Crippen molar-refractivity contribution in [2.75, 3.05) is 11.9 Å². The van der Waals surface area contributed by atoms with Gasteiger partial charge in [0.1, 0.15) is 0 Å². The Morgan fingerprint density at radius 2 is 1.80 bits per heavy atom. The lowest BCUT2D eigenvalue weighted by Gasteiger charge is -2.12. The molecule has 0 atom stereocenters. The molecule has 3 amide bonds. The highest BCUT2D eigenvalue weighted by atomic mass is 16.2. The van der Waals surface area contributed by atoms with Crippen molar-refractivity contribution < 1.29 is 14.4 Å². The number of carbonyl (C=O) groups is 3. The second-order valence-corrected chi connectivity index (χ2v) is 6.20. The van der Waals surface area contributed by atoms with E-state index in [1.165, 1.54) is 11.0 Å². The van der Waals surface area contributed by atoms with Crippen LogP contribution in [-0.4, -0.2) is 29.2 Å². The number of amides is 3. The van der Waals surface area contributed by atoms with E-state index in [2.05, 4.69) is 5.32 Å². The van der Waals surface area contributed by atoms with Crippen LogP contribution in [0.25, 0.3) is 0 Å². The Balaban J connectivity index is 1.83. The molecule has 5 nitrogen and oxygen atoms in total. The Labute approximate surface area is 146 Å². The summed E-state index contributed by atoms with van der Waals surface area (Å²) < 4.78 is 0. The molecule has 0 spiro atoms. The largest absolute Gasteiger partial charge is 0.322 e. The summed E-state index contributed by atoms with van der Waals surface area (Å²) >= 11 is 0.